The number of fused-ring (bicyclic) bond motifs is 1. The molecule has 1 heterocycles. The Hall–Kier alpha value is -3.27. The SMILES string of the molecule is CCN1C(=O)C(c2ccc(O)c(C)c2)(c2ccc(O)c(C)c2)c2ccccc21. The van der Waals surface area contributed by atoms with E-state index in [0.29, 0.717) is 17.7 Å². The van der Waals surface area contributed by atoms with Crippen molar-refractivity contribution in [3.8, 4) is 11.5 Å². The number of para-hydroxylation sites is 1. The number of aromatic hydroxyl groups is 2. The van der Waals surface area contributed by atoms with Crippen LogP contribution in [0.15, 0.2) is 60.7 Å². The molecule has 0 spiro atoms. The minimum absolute atomic E-state index is 0.0219. The van der Waals surface area contributed by atoms with Gasteiger partial charge in [-0.1, -0.05) is 42.5 Å². The van der Waals surface area contributed by atoms with E-state index >= 15 is 0 Å². The molecule has 3 aromatic rings. The highest BCUT2D eigenvalue weighted by molar-refractivity contribution is 6.13. The average Bonchev–Trinajstić information content (AvgIpc) is 2.94. The van der Waals surface area contributed by atoms with Crippen LogP contribution in [-0.2, 0) is 10.2 Å². The molecule has 0 aliphatic carbocycles. The van der Waals surface area contributed by atoms with Crippen molar-refractivity contribution >= 4 is 11.6 Å². The smallest absolute Gasteiger partial charge is 0.246 e. The molecule has 0 bridgehead atoms. The zero-order chi connectivity index (χ0) is 20.1. The minimum Gasteiger partial charge on any atom is -0.508 e. The van der Waals surface area contributed by atoms with Crippen molar-refractivity contribution in [3.63, 3.8) is 0 Å². The van der Waals surface area contributed by atoms with Crippen molar-refractivity contribution in [2.45, 2.75) is 26.2 Å². The average molecular weight is 373 g/mol. The molecule has 0 radical (unpaired) electrons. The van der Waals surface area contributed by atoms with Crippen molar-refractivity contribution < 1.29 is 15.0 Å². The van der Waals surface area contributed by atoms with Gasteiger partial charge in [-0.2, -0.15) is 0 Å². The lowest BCUT2D eigenvalue weighted by molar-refractivity contribution is -0.120. The summed E-state index contributed by atoms with van der Waals surface area (Å²) in [4.78, 5) is 15.7. The molecule has 1 amide bonds. The number of aryl methyl sites for hydroxylation is 2. The Labute approximate surface area is 164 Å². The fourth-order valence-corrected chi connectivity index (χ4v) is 4.27. The molecule has 142 valence electrons. The van der Waals surface area contributed by atoms with Crippen molar-refractivity contribution in [2.24, 2.45) is 0 Å². The van der Waals surface area contributed by atoms with Crippen LogP contribution in [0.2, 0.25) is 0 Å². The Morgan fingerprint density at radius 1 is 0.857 bits per heavy atom. The molecule has 0 fully saturated rings. The van der Waals surface area contributed by atoms with E-state index in [1.165, 1.54) is 0 Å². The molecule has 28 heavy (non-hydrogen) atoms. The molecule has 4 nitrogen and oxygen atoms in total. The maximum atomic E-state index is 13.9. The van der Waals surface area contributed by atoms with Gasteiger partial charge >= 0.3 is 0 Å². The number of carbonyl (C=O) groups excluding carboxylic acids is 1. The van der Waals surface area contributed by atoms with Gasteiger partial charge in [-0.3, -0.25) is 4.79 Å². The lowest BCUT2D eigenvalue weighted by atomic mass is 9.69. The normalized spacial score (nSPS) is 15.0. The van der Waals surface area contributed by atoms with Gasteiger partial charge in [0.25, 0.3) is 0 Å². The van der Waals surface area contributed by atoms with E-state index < -0.39 is 5.41 Å². The largest absolute Gasteiger partial charge is 0.508 e. The van der Waals surface area contributed by atoms with Gasteiger partial charge in [0, 0.05) is 17.8 Å². The first-order chi connectivity index (χ1) is 13.4. The number of phenols is 2. The van der Waals surface area contributed by atoms with Crippen LogP contribution in [-0.4, -0.2) is 22.7 Å². The molecule has 0 saturated heterocycles. The monoisotopic (exact) mass is 373 g/mol. The quantitative estimate of drug-likeness (QED) is 0.715. The molecule has 3 aromatic carbocycles. The number of benzene rings is 3. The Kier molecular flexibility index (Phi) is 4.15. The Morgan fingerprint density at radius 3 is 1.89 bits per heavy atom. The zero-order valence-corrected chi connectivity index (χ0v) is 16.2. The number of hydrogen-bond donors (Lipinski definition) is 2. The molecule has 0 unspecified atom stereocenters. The number of anilines is 1. The van der Waals surface area contributed by atoms with Gasteiger partial charge in [0.05, 0.1) is 0 Å². The van der Waals surface area contributed by atoms with Gasteiger partial charge in [-0.05, 0) is 61.2 Å². The van der Waals surface area contributed by atoms with Crippen LogP contribution in [0.4, 0.5) is 5.69 Å². The van der Waals surface area contributed by atoms with E-state index in [0.717, 1.165) is 22.4 Å². The number of hydrogen-bond acceptors (Lipinski definition) is 3. The molecule has 0 saturated carbocycles. The van der Waals surface area contributed by atoms with Gasteiger partial charge in [0.1, 0.15) is 16.9 Å². The minimum atomic E-state index is -1.02. The molecular weight excluding hydrogens is 350 g/mol. The van der Waals surface area contributed by atoms with E-state index in [9.17, 15) is 15.0 Å². The first-order valence-corrected chi connectivity index (χ1v) is 9.43. The Balaban J connectivity index is 2.12. The summed E-state index contributed by atoms with van der Waals surface area (Å²) >= 11 is 0. The topological polar surface area (TPSA) is 60.8 Å². The molecule has 0 atom stereocenters. The maximum absolute atomic E-state index is 13.9. The highest BCUT2D eigenvalue weighted by Crippen LogP contribution is 2.51. The summed E-state index contributed by atoms with van der Waals surface area (Å²) in [6.07, 6.45) is 0. The molecule has 0 aromatic heterocycles. The highest BCUT2D eigenvalue weighted by atomic mass is 16.3. The van der Waals surface area contributed by atoms with Gasteiger partial charge in [-0.15, -0.1) is 0 Å². The van der Waals surface area contributed by atoms with E-state index in [-0.39, 0.29) is 17.4 Å². The summed E-state index contributed by atoms with van der Waals surface area (Å²) in [5.41, 5.74) is 3.83. The lowest BCUT2D eigenvalue weighted by Gasteiger charge is -2.31. The molecule has 4 heteroatoms. The van der Waals surface area contributed by atoms with Gasteiger partial charge in [0.15, 0.2) is 0 Å². The van der Waals surface area contributed by atoms with E-state index in [4.69, 9.17) is 0 Å². The van der Waals surface area contributed by atoms with Crippen molar-refractivity contribution in [3.05, 3.63) is 88.5 Å². The first kappa shape index (κ1) is 18.1. The molecule has 4 rings (SSSR count). The summed E-state index contributed by atoms with van der Waals surface area (Å²) < 4.78 is 0. The van der Waals surface area contributed by atoms with Crippen LogP contribution in [0.5, 0.6) is 11.5 Å². The number of nitrogens with zero attached hydrogens (tertiary/aromatic N) is 1. The Morgan fingerprint density at radius 2 is 1.39 bits per heavy atom. The number of amides is 1. The zero-order valence-electron chi connectivity index (χ0n) is 16.2. The third kappa shape index (κ3) is 2.34. The second-order valence-electron chi connectivity index (χ2n) is 7.32. The van der Waals surface area contributed by atoms with Crippen LogP contribution >= 0.6 is 0 Å². The van der Waals surface area contributed by atoms with Crippen LogP contribution in [0.25, 0.3) is 0 Å². The van der Waals surface area contributed by atoms with Crippen molar-refractivity contribution in [1.82, 2.24) is 0 Å². The fraction of sp³-hybridized carbons (Fsp3) is 0.208. The summed E-state index contributed by atoms with van der Waals surface area (Å²) in [5.74, 6) is 0.380. The highest BCUT2D eigenvalue weighted by Gasteiger charge is 2.53. The predicted octanol–water partition coefficient (Wildman–Crippen LogP) is 4.42. The van der Waals surface area contributed by atoms with Crippen LogP contribution in [0.1, 0.15) is 34.7 Å². The standard InChI is InChI=1S/C24H23NO3/c1-4-25-20-8-6-5-7-19(20)24(23(25)28,17-9-11-21(26)15(2)13-17)18-10-12-22(27)16(3)14-18/h5-14,26-27H,4H2,1-3H3. The van der Waals surface area contributed by atoms with E-state index in [1.807, 2.05) is 69.3 Å². The second-order valence-corrected chi connectivity index (χ2v) is 7.32. The molecule has 2 N–H and O–H groups in total. The summed E-state index contributed by atoms with van der Waals surface area (Å²) in [7, 11) is 0. The summed E-state index contributed by atoms with van der Waals surface area (Å²) in [6.45, 7) is 6.19. The predicted molar refractivity (Wildman–Crippen MR) is 110 cm³/mol. The number of carbonyl (C=O) groups is 1. The maximum Gasteiger partial charge on any atom is 0.246 e. The van der Waals surface area contributed by atoms with E-state index in [2.05, 4.69) is 0 Å². The van der Waals surface area contributed by atoms with Gasteiger partial charge in [0.2, 0.25) is 5.91 Å². The van der Waals surface area contributed by atoms with Gasteiger partial charge in [-0.25, -0.2) is 0 Å². The molecular formula is C24H23NO3. The molecule has 1 aliphatic rings. The summed E-state index contributed by atoms with van der Waals surface area (Å²) in [6, 6.07) is 18.5. The number of likely N-dealkylation sites (N-methyl/N-ethyl adjacent to an activating group) is 1. The third-order valence-electron chi connectivity index (χ3n) is 5.74. The fourth-order valence-electron chi connectivity index (χ4n) is 4.27. The summed E-state index contributed by atoms with van der Waals surface area (Å²) in [5, 5.41) is 20.1. The van der Waals surface area contributed by atoms with Crippen LogP contribution in [0, 0.1) is 13.8 Å². The third-order valence-corrected chi connectivity index (χ3v) is 5.74. The number of phenolic OH excluding ortho intramolecular Hbond substituents is 2. The number of rotatable bonds is 3. The van der Waals surface area contributed by atoms with Gasteiger partial charge < -0.3 is 15.1 Å². The van der Waals surface area contributed by atoms with Crippen LogP contribution in [0.3, 0.4) is 0 Å². The Bertz CT molecular complexity index is 1040. The van der Waals surface area contributed by atoms with E-state index in [1.54, 1.807) is 17.0 Å². The second kappa shape index (κ2) is 6.41. The van der Waals surface area contributed by atoms with Crippen LogP contribution < -0.4 is 4.90 Å². The van der Waals surface area contributed by atoms with Crippen molar-refractivity contribution in [2.75, 3.05) is 11.4 Å². The lowest BCUT2D eigenvalue weighted by Crippen LogP contribution is -2.42. The van der Waals surface area contributed by atoms with Crippen molar-refractivity contribution in [1.29, 1.82) is 0 Å². The first-order valence-electron chi connectivity index (χ1n) is 9.43. The molecule has 1 aliphatic heterocycles.